The van der Waals surface area contributed by atoms with Crippen molar-refractivity contribution >= 4 is 39.2 Å². The molecule has 1 fully saturated rings. The van der Waals surface area contributed by atoms with Gasteiger partial charge in [-0.15, -0.1) is 0 Å². The van der Waals surface area contributed by atoms with Crippen LogP contribution < -0.4 is 10.2 Å². The quantitative estimate of drug-likeness (QED) is 0.635. The Labute approximate surface area is 177 Å². The highest BCUT2D eigenvalue weighted by molar-refractivity contribution is 9.10. The summed E-state index contributed by atoms with van der Waals surface area (Å²) in [5.41, 5.74) is 3.04. The summed E-state index contributed by atoms with van der Waals surface area (Å²) in [6, 6.07) is 17.5. The maximum absolute atomic E-state index is 12.8. The number of aryl methyl sites for hydroxylation is 1. The lowest BCUT2D eigenvalue weighted by Gasteiger charge is -2.17. The van der Waals surface area contributed by atoms with Crippen LogP contribution in [-0.2, 0) is 16.1 Å². The van der Waals surface area contributed by atoms with Gasteiger partial charge in [0.05, 0.1) is 18.7 Å². The maximum Gasteiger partial charge on any atom is 0.230 e. The minimum atomic E-state index is -0.389. The van der Waals surface area contributed by atoms with Crippen molar-refractivity contribution in [2.75, 3.05) is 16.8 Å². The largest absolute Gasteiger partial charge is 0.312 e. The highest BCUT2D eigenvalue weighted by Gasteiger charge is 2.35. The molecule has 0 spiro atoms. The Kier molecular flexibility index (Phi) is 5.49. The predicted octanol–water partition coefficient (Wildman–Crippen LogP) is 3.99. The summed E-state index contributed by atoms with van der Waals surface area (Å²) < 4.78 is 2.76. The summed E-state index contributed by atoms with van der Waals surface area (Å²) >= 11 is 3.43. The molecule has 6 nitrogen and oxygen atoms in total. The average molecular weight is 453 g/mol. The fourth-order valence-electron chi connectivity index (χ4n) is 3.41. The number of aromatic nitrogens is 2. The normalized spacial score (nSPS) is 16.3. The first-order valence-electron chi connectivity index (χ1n) is 9.44. The molecule has 2 amide bonds. The number of halogens is 1. The summed E-state index contributed by atoms with van der Waals surface area (Å²) in [6.07, 6.45) is 1.87. The van der Waals surface area contributed by atoms with Gasteiger partial charge in [0.2, 0.25) is 11.8 Å². The van der Waals surface area contributed by atoms with E-state index in [4.69, 9.17) is 0 Å². The Hall–Kier alpha value is -2.93. The standard InChI is InChI=1S/C22H21BrN4O2/c1-15-2-8-19(9-3-15)26-14-17(12-21(26)28)22(29)25-20-10-11-24-27(20)13-16-4-6-18(23)7-5-16/h2-11,17H,12-14H2,1H3,(H,25,29). The Morgan fingerprint density at radius 1 is 1.14 bits per heavy atom. The van der Waals surface area contributed by atoms with E-state index in [-0.39, 0.29) is 24.2 Å². The Bertz CT molecular complexity index is 1030. The van der Waals surface area contributed by atoms with Crippen molar-refractivity contribution < 1.29 is 9.59 Å². The van der Waals surface area contributed by atoms with Gasteiger partial charge in [0, 0.05) is 29.2 Å². The average Bonchev–Trinajstić information content (AvgIpc) is 3.31. The van der Waals surface area contributed by atoms with Crippen molar-refractivity contribution in [2.24, 2.45) is 5.92 Å². The molecule has 7 heteroatoms. The molecule has 1 atom stereocenters. The number of rotatable bonds is 5. The molecule has 148 valence electrons. The second-order valence-electron chi connectivity index (χ2n) is 7.23. The zero-order valence-corrected chi connectivity index (χ0v) is 17.6. The number of anilines is 2. The van der Waals surface area contributed by atoms with E-state index in [1.54, 1.807) is 21.8 Å². The predicted molar refractivity (Wildman–Crippen MR) is 116 cm³/mol. The van der Waals surface area contributed by atoms with Crippen molar-refractivity contribution in [3.63, 3.8) is 0 Å². The molecule has 0 aliphatic carbocycles. The maximum atomic E-state index is 12.8. The molecule has 1 N–H and O–H groups in total. The van der Waals surface area contributed by atoms with Crippen LogP contribution in [0.3, 0.4) is 0 Å². The molecule has 4 rings (SSSR count). The van der Waals surface area contributed by atoms with Crippen LogP contribution in [0.4, 0.5) is 11.5 Å². The molecule has 0 bridgehead atoms. The monoisotopic (exact) mass is 452 g/mol. The lowest BCUT2D eigenvalue weighted by molar-refractivity contribution is -0.122. The Morgan fingerprint density at radius 3 is 2.59 bits per heavy atom. The fraction of sp³-hybridized carbons (Fsp3) is 0.227. The van der Waals surface area contributed by atoms with Gasteiger partial charge in [0.25, 0.3) is 0 Å². The van der Waals surface area contributed by atoms with E-state index in [1.807, 2.05) is 55.5 Å². The zero-order valence-electron chi connectivity index (χ0n) is 16.0. The summed E-state index contributed by atoms with van der Waals surface area (Å²) in [7, 11) is 0. The molecule has 1 saturated heterocycles. The van der Waals surface area contributed by atoms with Crippen LogP contribution in [0.2, 0.25) is 0 Å². The van der Waals surface area contributed by atoms with Crippen LogP contribution in [0.25, 0.3) is 0 Å². The van der Waals surface area contributed by atoms with Crippen LogP contribution in [0.5, 0.6) is 0 Å². The smallest absolute Gasteiger partial charge is 0.230 e. The van der Waals surface area contributed by atoms with Gasteiger partial charge in [0.1, 0.15) is 5.82 Å². The van der Waals surface area contributed by atoms with Crippen molar-refractivity contribution in [1.29, 1.82) is 0 Å². The molecule has 0 radical (unpaired) electrons. The molecule has 1 aromatic heterocycles. The highest BCUT2D eigenvalue weighted by Crippen LogP contribution is 2.26. The number of nitrogens with one attached hydrogen (secondary N) is 1. The van der Waals surface area contributed by atoms with Gasteiger partial charge >= 0.3 is 0 Å². The van der Waals surface area contributed by atoms with Gasteiger partial charge in [-0.25, -0.2) is 4.68 Å². The van der Waals surface area contributed by atoms with Crippen LogP contribution in [0, 0.1) is 12.8 Å². The van der Waals surface area contributed by atoms with Crippen molar-refractivity contribution in [3.05, 3.63) is 76.4 Å². The summed E-state index contributed by atoms with van der Waals surface area (Å²) in [6.45, 7) is 2.94. The van der Waals surface area contributed by atoms with E-state index in [9.17, 15) is 9.59 Å². The number of carbonyl (C=O) groups excluding carboxylic acids is 2. The molecule has 2 aromatic carbocycles. The van der Waals surface area contributed by atoms with E-state index in [0.717, 1.165) is 21.3 Å². The van der Waals surface area contributed by atoms with E-state index >= 15 is 0 Å². The fourth-order valence-corrected chi connectivity index (χ4v) is 3.68. The van der Waals surface area contributed by atoms with Crippen LogP contribution in [-0.4, -0.2) is 28.1 Å². The van der Waals surface area contributed by atoms with E-state index in [1.165, 1.54) is 0 Å². The third-order valence-electron chi connectivity index (χ3n) is 5.05. The van der Waals surface area contributed by atoms with Crippen molar-refractivity contribution in [3.8, 4) is 0 Å². The van der Waals surface area contributed by atoms with Crippen molar-refractivity contribution in [2.45, 2.75) is 19.9 Å². The molecule has 3 aromatic rings. The molecule has 1 unspecified atom stereocenters. The minimum absolute atomic E-state index is 0.0302. The molecule has 1 aliphatic heterocycles. The molecule has 0 saturated carbocycles. The summed E-state index contributed by atoms with van der Waals surface area (Å²) in [4.78, 5) is 26.9. The molecule has 1 aliphatic rings. The molecular weight excluding hydrogens is 432 g/mol. The Morgan fingerprint density at radius 2 is 1.86 bits per heavy atom. The van der Waals surface area contributed by atoms with E-state index in [0.29, 0.717) is 18.9 Å². The van der Waals surface area contributed by atoms with Gasteiger partial charge in [-0.2, -0.15) is 5.10 Å². The van der Waals surface area contributed by atoms with Gasteiger partial charge in [-0.1, -0.05) is 45.8 Å². The van der Waals surface area contributed by atoms with Crippen LogP contribution >= 0.6 is 15.9 Å². The number of hydrogen-bond donors (Lipinski definition) is 1. The topological polar surface area (TPSA) is 67.2 Å². The lowest BCUT2D eigenvalue weighted by Crippen LogP contribution is -2.28. The van der Waals surface area contributed by atoms with Gasteiger partial charge < -0.3 is 10.2 Å². The third kappa shape index (κ3) is 4.40. The molecule has 2 heterocycles. The van der Waals surface area contributed by atoms with Crippen LogP contribution in [0.1, 0.15) is 17.5 Å². The lowest BCUT2D eigenvalue weighted by atomic mass is 10.1. The second-order valence-corrected chi connectivity index (χ2v) is 8.15. The number of benzene rings is 2. The number of amides is 2. The minimum Gasteiger partial charge on any atom is -0.312 e. The molecule has 29 heavy (non-hydrogen) atoms. The van der Waals surface area contributed by atoms with Gasteiger partial charge in [-0.05, 0) is 36.8 Å². The number of carbonyl (C=O) groups is 2. The first-order valence-corrected chi connectivity index (χ1v) is 10.2. The van der Waals surface area contributed by atoms with Crippen LogP contribution in [0.15, 0.2) is 65.3 Å². The molecular formula is C22H21BrN4O2. The highest BCUT2D eigenvalue weighted by atomic mass is 79.9. The van der Waals surface area contributed by atoms with Gasteiger partial charge in [0.15, 0.2) is 0 Å². The second kappa shape index (κ2) is 8.21. The number of nitrogens with zero attached hydrogens (tertiary/aromatic N) is 3. The zero-order chi connectivity index (χ0) is 20.4. The SMILES string of the molecule is Cc1ccc(N2CC(C(=O)Nc3ccnn3Cc3ccc(Br)cc3)CC2=O)cc1. The van der Waals surface area contributed by atoms with Crippen molar-refractivity contribution in [1.82, 2.24) is 9.78 Å². The first-order chi connectivity index (χ1) is 14.0. The van der Waals surface area contributed by atoms with E-state index < -0.39 is 0 Å². The van der Waals surface area contributed by atoms with Gasteiger partial charge in [-0.3, -0.25) is 9.59 Å². The summed E-state index contributed by atoms with van der Waals surface area (Å²) in [5, 5.41) is 7.25. The summed E-state index contributed by atoms with van der Waals surface area (Å²) in [5.74, 6) is 0.0434. The van der Waals surface area contributed by atoms with E-state index in [2.05, 4.69) is 26.3 Å². The third-order valence-corrected chi connectivity index (χ3v) is 5.58. The first kappa shape index (κ1) is 19.4. The number of hydrogen-bond acceptors (Lipinski definition) is 3. The Balaban J connectivity index is 1.42.